The van der Waals surface area contributed by atoms with Crippen LogP contribution in [-0.4, -0.2) is 21.5 Å². The smallest absolute Gasteiger partial charge is 0.237 e. The van der Waals surface area contributed by atoms with Crippen LogP contribution in [0.5, 0.6) is 5.88 Å². The maximum Gasteiger partial charge on any atom is 0.237 e. The number of hydrogen-bond acceptors (Lipinski definition) is 5. The van der Waals surface area contributed by atoms with Crippen molar-refractivity contribution in [2.75, 3.05) is 7.11 Å². The van der Waals surface area contributed by atoms with Crippen LogP contribution in [0, 0.1) is 6.92 Å². The summed E-state index contributed by atoms with van der Waals surface area (Å²) < 4.78 is 7.39. The molecule has 3 heterocycles. The molecule has 0 fully saturated rings. The molecule has 0 unspecified atom stereocenters. The molecule has 104 valence electrons. The zero-order valence-corrected chi connectivity index (χ0v) is 12.3. The molecule has 0 amide bonds. The summed E-state index contributed by atoms with van der Waals surface area (Å²) in [5.74, 6) is 0.686. The predicted octanol–water partition coefficient (Wildman–Crippen LogP) is 2.40. The SMILES string of the molecule is COc1nc2sccn2c1CNCc1ccc(C)nc1. The number of hydrogen-bond donors (Lipinski definition) is 1. The van der Waals surface area contributed by atoms with E-state index in [4.69, 9.17) is 4.74 Å². The van der Waals surface area contributed by atoms with Crippen LogP contribution in [0.4, 0.5) is 0 Å². The Bertz CT molecular complexity index is 702. The molecule has 0 aliphatic rings. The van der Waals surface area contributed by atoms with Gasteiger partial charge < -0.3 is 10.1 Å². The van der Waals surface area contributed by atoms with Crippen molar-refractivity contribution in [2.45, 2.75) is 20.0 Å². The number of aryl methyl sites for hydroxylation is 1. The topological polar surface area (TPSA) is 51.5 Å². The third kappa shape index (κ3) is 2.52. The summed E-state index contributed by atoms with van der Waals surface area (Å²) in [7, 11) is 1.65. The molecule has 3 aromatic heterocycles. The summed E-state index contributed by atoms with van der Waals surface area (Å²) in [4.78, 5) is 9.68. The Morgan fingerprint density at radius 3 is 3.00 bits per heavy atom. The molecule has 1 N–H and O–H groups in total. The summed E-state index contributed by atoms with van der Waals surface area (Å²) in [6.45, 7) is 3.46. The second kappa shape index (κ2) is 5.60. The van der Waals surface area contributed by atoms with E-state index >= 15 is 0 Å². The largest absolute Gasteiger partial charge is 0.480 e. The molecule has 0 aliphatic carbocycles. The first-order valence-corrected chi connectivity index (χ1v) is 7.26. The van der Waals surface area contributed by atoms with E-state index in [1.54, 1.807) is 18.4 Å². The van der Waals surface area contributed by atoms with Crippen molar-refractivity contribution < 1.29 is 4.74 Å². The van der Waals surface area contributed by atoms with Crippen molar-refractivity contribution in [3.05, 3.63) is 46.9 Å². The Labute approximate surface area is 121 Å². The Balaban J connectivity index is 1.70. The van der Waals surface area contributed by atoms with Crippen LogP contribution in [0.1, 0.15) is 17.0 Å². The van der Waals surface area contributed by atoms with Crippen LogP contribution in [0.2, 0.25) is 0 Å². The molecule has 0 atom stereocenters. The van der Waals surface area contributed by atoms with Crippen molar-refractivity contribution in [1.82, 2.24) is 19.7 Å². The molecule has 20 heavy (non-hydrogen) atoms. The number of nitrogens with one attached hydrogen (secondary N) is 1. The van der Waals surface area contributed by atoms with Crippen molar-refractivity contribution in [3.63, 3.8) is 0 Å². The summed E-state index contributed by atoms with van der Waals surface area (Å²) >= 11 is 1.60. The summed E-state index contributed by atoms with van der Waals surface area (Å²) in [6, 6.07) is 4.11. The fraction of sp³-hybridized carbons (Fsp3) is 0.286. The zero-order chi connectivity index (χ0) is 13.9. The number of pyridine rings is 1. The first-order valence-electron chi connectivity index (χ1n) is 6.38. The van der Waals surface area contributed by atoms with Gasteiger partial charge in [0.1, 0.15) is 5.69 Å². The van der Waals surface area contributed by atoms with Gasteiger partial charge in [-0.1, -0.05) is 6.07 Å². The average molecular weight is 288 g/mol. The Kier molecular flexibility index (Phi) is 3.66. The Morgan fingerprint density at radius 1 is 1.35 bits per heavy atom. The van der Waals surface area contributed by atoms with Gasteiger partial charge in [0.2, 0.25) is 5.88 Å². The van der Waals surface area contributed by atoms with E-state index in [0.717, 1.165) is 22.9 Å². The van der Waals surface area contributed by atoms with E-state index in [-0.39, 0.29) is 0 Å². The quantitative estimate of drug-likeness (QED) is 0.783. The average Bonchev–Trinajstić information content (AvgIpc) is 3.02. The van der Waals surface area contributed by atoms with Gasteiger partial charge in [-0.25, -0.2) is 0 Å². The van der Waals surface area contributed by atoms with Gasteiger partial charge in [0.05, 0.1) is 7.11 Å². The first-order chi connectivity index (χ1) is 9.78. The van der Waals surface area contributed by atoms with Crippen LogP contribution < -0.4 is 10.1 Å². The van der Waals surface area contributed by atoms with Gasteiger partial charge in [-0.15, -0.1) is 11.3 Å². The molecular weight excluding hydrogens is 272 g/mol. The number of rotatable bonds is 5. The van der Waals surface area contributed by atoms with Gasteiger partial charge in [0.25, 0.3) is 0 Å². The molecule has 0 spiro atoms. The summed E-state index contributed by atoms with van der Waals surface area (Å²) in [5.41, 5.74) is 3.25. The van der Waals surface area contributed by atoms with E-state index in [0.29, 0.717) is 12.4 Å². The van der Waals surface area contributed by atoms with Crippen molar-refractivity contribution >= 4 is 16.3 Å². The normalized spacial score (nSPS) is 11.1. The first kappa shape index (κ1) is 13.1. The molecule has 0 radical (unpaired) electrons. The van der Waals surface area contributed by atoms with E-state index in [1.807, 2.05) is 30.8 Å². The highest BCUT2D eigenvalue weighted by molar-refractivity contribution is 7.15. The number of fused-ring (bicyclic) bond motifs is 1. The fourth-order valence-corrected chi connectivity index (χ4v) is 2.79. The molecule has 0 aliphatic heterocycles. The number of ether oxygens (including phenoxy) is 1. The van der Waals surface area contributed by atoms with Crippen molar-refractivity contribution in [1.29, 1.82) is 0 Å². The maximum absolute atomic E-state index is 5.33. The van der Waals surface area contributed by atoms with E-state index in [9.17, 15) is 0 Å². The lowest BCUT2D eigenvalue weighted by Crippen LogP contribution is -2.14. The van der Waals surface area contributed by atoms with Gasteiger partial charge in [-0.3, -0.25) is 9.38 Å². The predicted molar refractivity (Wildman–Crippen MR) is 79.1 cm³/mol. The summed E-state index contributed by atoms with van der Waals surface area (Å²) in [5, 5.41) is 5.43. The maximum atomic E-state index is 5.33. The van der Waals surface area contributed by atoms with Crippen molar-refractivity contribution in [2.24, 2.45) is 0 Å². The molecule has 3 rings (SSSR count). The van der Waals surface area contributed by atoms with E-state index in [1.165, 1.54) is 5.56 Å². The second-order valence-corrected chi connectivity index (χ2v) is 5.41. The number of nitrogens with zero attached hydrogens (tertiary/aromatic N) is 3. The van der Waals surface area contributed by atoms with Gasteiger partial charge in [0.15, 0.2) is 4.96 Å². The Morgan fingerprint density at radius 2 is 2.25 bits per heavy atom. The van der Waals surface area contributed by atoms with Gasteiger partial charge in [-0.2, -0.15) is 4.98 Å². The highest BCUT2D eigenvalue weighted by Gasteiger charge is 2.12. The highest BCUT2D eigenvalue weighted by Crippen LogP contribution is 2.22. The molecule has 0 bridgehead atoms. The minimum atomic E-state index is 0.686. The van der Waals surface area contributed by atoms with Crippen molar-refractivity contribution in [3.8, 4) is 5.88 Å². The zero-order valence-electron chi connectivity index (χ0n) is 11.5. The molecule has 6 heteroatoms. The fourth-order valence-electron chi connectivity index (χ4n) is 2.07. The lowest BCUT2D eigenvalue weighted by atomic mass is 10.2. The number of thiazole rings is 1. The van der Waals surface area contributed by atoms with Crippen LogP contribution in [0.15, 0.2) is 29.9 Å². The van der Waals surface area contributed by atoms with Crippen LogP contribution in [0.3, 0.4) is 0 Å². The Hall–Kier alpha value is -1.92. The third-order valence-electron chi connectivity index (χ3n) is 3.11. The standard InChI is InChI=1S/C14H16N4OS/c1-10-3-4-11(8-16-10)7-15-9-12-13(19-2)17-14-18(12)5-6-20-14/h3-6,8,15H,7,9H2,1-2H3. The number of imidazole rings is 1. The lowest BCUT2D eigenvalue weighted by molar-refractivity contribution is 0.393. The molecule has 3 aromatic rings. The molecular formula is C14H16N4OS. The number of methoxy groups -OCH3 is 1. The monoisotopic (exact) mass is 288 g/mol. The van der Waals surface area contributed by atoms with Gasteiger partial charge in [0, 0.05) is 36.6 Å². The molecule has 5 nitrogen and oxygen atoms in total. The van der Waals surface area contributed by atoms with Gasteiger partial charge >= 0.3 is 0 Å². The van der Waals surface area contributed by atoms with Crippen LogP contribution in [-0.2, 0) is 13.1 Å². The minimum Gasteiger partial charge on any atom is -0.480 e. The van der Waals surface area contributed by atoms with Crippen LogP contribution in [0.25, 0.3) is 4.96 Å². The highest BCUT2D eigenvalue weighted by atomic mass is 32.1. The number of aromatic nitrogens is 3. The van der Waals surface area contributed by atoms with E-state index < -0.39 is 0 Å². The minimum absolute atomic E-state index is 0.686. The van der Waals surface area contributed by atoms with Crippen LogP contribution >= 0.6 is 11.3 Å². The third-order valence-corrected chi connectivity index (χ3v) is 3.87. The van der Waals surface area contributed by atoms with Gasteiger partial charge in [-0.05, 0) is 18.6 Å². The lowest BCUT2D eigenvalue weighted by Gasteiger charge is -2.06. The second-order valence-electron chi connectivity index (χ2n) is 4.53. The molecule has 0 saturated carbocycles. The molecule has 0 aromatic carbocycles. The molecule has 0 saturated heterocycles. The summed E-state index contributed by atoms with van der Waals surface area (Å²) in [6.07, 6.45) is 3.91. The van der Waals surface area contributed by atoms with E-state index in [2.05, 4.69) is 25.8 Å².